The molecule has 0 bridgehead atoms. The van der Waals surface area contributed by atoms with E-state index in [1.54, 1.807) is 32.6 Å². The maximum absolute atomic E-state index is 15.0. The van der Waals surface area contributed by atoms with Crippen LogP contribution in [0.5, 0.6) is 0 Å². The van der Waals surface area contributed by atoms with Crippen molar-refractivity contribution in [2.45, 2.75) is 184 Å². The fourth-order valence-electron chi connectivity index (χ4n) is 10.5. The van der Waals surface area contributed by atoms with Crippen molar-refractivity contribution in [2.24, 2.45) is 28.6 Å². The molecule has 12 nitrogen and oxygen atoms in total. The lowest BCUT2D eigenvalue weighted by molar-refractivity contribution is -0.146. The van der Waals surface area contributed by atoms with E-state index in [9.17, 15) is 27.6 Å². The number of amides is 5. The third-order valence-electron chi connectivity index (χ3n) is 14.6. The second-order valence-electron chi connectivity index (χ2n) is 19.5. The number of rotatable bonds is 12. The molecular formula is C40H65N5O7S. The van der Waals surface area contributed by atoms with Crippen LogP contribution in [0, 0.1) is 28.6 Å². The van der Waals surface area contributed by atoms with Gasteiger partial charge in [-0.05, 0) is 101 Å². The lowest BCUT2D eigenvalue weighted by atomic mass is 9.70. The van der Waals surface area contributed by atoms with Gasteiger partial charge in [-0.3, -0.25) is 19.2 Å². The third kappa shape index (κ3) is 7.14. The van der Waals surface area contributed by atoms with E-state index in [0.717, 1.165) is 64.2 Å². The molecule has 0 spiro atoms. The van der Waals surface area contributed by atoms with Gasteiger partial charge in [-0.1, -0.05) is 72.6 Å². The number of carbonyl (C=O) groups is 5. The molecular weight excluding hydrogens is 695 g/mol. The molecule has 298 valence electrons. The Hall–Kier alpha value is -2.70. The van der Waals surface area contributed by atoms with Crippen LogP contribution in [0.3, 0.4) is 0 Å². The second kappa shape index (κ2) is 13.8. The largest absolute Gasteiger partial charge is 0.347 e. The molecule has 1 aliphatic heterocycles. The third-order valence-corrected chi connectivity index (χ3v) is 17.7. The zero-order valence-corrected chi connectivity index (χ0v) is 34.2. The van der Waals surface area contributed by atoms with Gasteiger partial charge in [0.2, 0.25) is 17.6 Å². The molecule has 5 aliphatic carbocycles. The molecule has 0 aromatic rings. The Morgan fingerprint density at radius 2 is 1.45 bits per heavy atom. The summed E-state index contributed by atoms with van der Waals surface area (Å²) in [5, 5.41) is 11.2. The van der Waals surface area contributed by atoms with Gasteiger partial charge in [-0.15, -0.1) is 0 Å². The molecule has 6 fully saturated rings. The van der Waals surface area contributed by atoms with E-state index in [1.165, 1.54) is 0 Å². The summed E-state index contributed by atoms with van der Waals surface area (Å²) in [6.45, 7) is 15.3. The first-order valence-corrected chi connectivity index (χ1v) is 22.0. The van der Waals surface area contributed by atoms with Crippen molar-refractivity contribution in [2.75, 3.05) is 6.54 Å². The Kier molecular flexibility index (Phi) is 10.4. The zero-order chi connectivity index (χ0) is 38.9. The van der Waals surface area contributed by atoms with Gasteiger partial charge in [0, 0.05) is 12.6 Å². The van der Waals surface area contributed by atoms with Crippen LogP contribution in [0.1, 0.15) is 145 Å². The molecule has 6 aliphatic rings. The number of carbonyl (C=O) groups excluding carboxylic acids is 5. The predicted molar refractivity (Wildman–Crippen MR) is 202 cm³/mol. The molecule has 53 heavy (non-hydrogen) atoms. The molecule has 7 atom stereocenters. The van der Waals surface area contributed by atoms with Gasteiger partial charge in [0.25, 0.3) is 5.91 Å². The zero-order valence-electron chi connectivity index (χ0n) is 33.4. The number of nitrogens with zero attached hydrogens (tertiary/aromatic N) is 1. The first-order chi connectivity index (χ1) is 24.6. The Labute approximate surface area is 316 Å². The minimum Gasteiger partial charge on any atom is -0.347 e. The maximum atomic E-state index is 15.0. The van der Waals surface area contributed by atoms with Gasteiger partial charge in [0.1, 0.15) is 17.6 Å². The Bertz CT molecular complexity index is 1600. The lowest BCUT2D eigenvalue weighted by Crippen LogP contribution is -2.66. The van der Waals surface area contributed by atoms with E-state index in [2.05, 4.69) is 35.1 Å². The number of piperidine rings is 1. The van der Waals surface area contributed by atoms with Crippen LogP contribution in [0.2, 0.25) is 0 Å². The second-order valence-corrected chi connectivity index (χ2v) is 22.5. The Balaban J connectivity index is 1.26. The highest BCUT2D eigenvalue weighted by Crippen LogP contribution is 2.65. The van der Waals surface area contributed by atoms with Crippen LogP contribution in [0.25, 0.3) is 0 Å². The minimum atomic E-state index is -3.64. The van der Waals surface area contributed by atoms with Gasteiger partial charge in [0.05, 0.1) is 15.5 Å². The summed E-state index contributed by atoms with van der Waals surface area (Å²) in [7, 11) is -3.64. The van der Waals surface area contributed by atoms with E-state index < -0.39 is 72.0 Å². The van der Waals surface area contributed by atoms with Gasteiger partial charge in [-0.2, -0.15) is 0 Å². The molecule has 4 N–H and O–H groups in total. The number of hydrogen-bond donors (Lipinski definition) is 4. The van der Waals surface area contributed by atoms with Gasteiger partial charge in [0.15, 0.2) is 9.84 Å². The first-order valence-electron chi connectivity index (χ1n) is 20.5. The molecule has 0 radical (unpaired) electrons. The summed E-state index contributed by atoms with van der Waals surface area (Å²) in [4.78, 5) is 71.9. The Morgan fingerprint density at radius 3 is 1.98 bits per heavy atom. The van der Waals surface area contributed by atoms with Crippen molar-refractivity contribution in [3.05, 3.63) is 0 Å². The monoisotopic (exact) mass is 759 g/mol. The van der Waals surface area contributed by atoms with Crippen molar-refractivity contribution in [1.82, 2.24) is 26.2 Å². The number of likely N-dealkylation sites (tertiary alicyclic amines) is 1. The topological polar surface area (TPSA) is 171 Å². The van der Waals surface area contributed by atoms with Crippen molar-refractivity contribution >= 4 is 39.4 Å². The Morgan fingerprint density at radius 1 is 0.868 bits per heavy atom. The quantitative estimate of drug-likeness (QED) is 0.212. The summed E-state index contributed by atoms with van der Waals surface area (Å²) >= 11 is 0. The fraction of sp³-hybridized carbons (Fsp3) is 0.875. The molecule has 1 unspecified atom stereocenters. The van der Waals surface area contributed by atoms with E-state index in [0.29, 0.717) is 32.2 Å². The molecule has 6 rings (SSSR count). The summed E-state index contributed by atoms with van der Waals surface area (Å²) in [5.74, 6) is -2.22. The van der Waals surface area contributed by atoms with Crippen molar-refractivity contribution in [3.8, 4) is 0 Å². The van der Waals surface area contributed by atoms with Crippen LogP contribution >= 0.6 is 0 Å². The molecule has 1 heterocycles. The van der Waals surface area contributed by atoms with Crippen molar-refractivity contribution in [1.29, 1.82) is 0 Å². The highest BCUT2D eigenvalue weighted by molar-refractivity contribution is 7.93. The van der Waals surface area contributed by atoms with E-state index >= 15 is 4.79 Å². The molecule has 0 aromatic heterocycles. The summed E-state index contributed by atoms with van der Waals surface area (Å²) < 4.78 is 26.6. The predicted octanol–water partition coefficient (Wildman–Crippen LogP) is 4.54. The van der Waals surface area contributed by atoms with E-state index in [-0.39, 0.29) is 35.1 Å². The smallest absolute Gasteiger partial charge is 0.315 e. The highest BCUT2D eigenvalue weighted by atomic mass is 32.2. The average molecular weight is 760 g/mol. The standard InChI is InChI=1S/C40H65N5O7S/c1-9-25-22-40(25,31(46)33(48)41-26-16-17-26)43-32(47)29-28-27(37(28,6)7)23-45(29)34(49)30(38(8)18-12-10-13-19-38)42-35(50)44-39(20-14-11-15-21-39)24(2)53(51,52)36(3,4)5/h24-30H,9-23H2,1-8H3,(H,41,48)(H,43,47)(H2,42,44,50)/t24-,25-,27+,28+,29+,30-,40?/m1/s1. The molecule has 1 saturated heterocycles. The van der Waals surface area contributed by atoms with Crippen molar-refractivity contribution in [3.63, 3.8) is 0 Å². The number of fused-ring (bicyclic) bond motifs is 1. The van der Waals surface area contributed by atoms with Crippen molar-refractivity contribution < 1.29 is 32.4 Å². The maximum Gasteiger partial charge on any atom is 0.315 e. The van der Waals surface area contributed by atoms with Gasteiger partial charge >= 0.3 is 6.03 Å². The SMILES string of the molecule is CC[C@@H]1CC1(NC(=O)[C@@H]1[C@@H]2[C@H](CN1C(=O)[C@@H](NC(=O)NC1([C@@H](C)S(=O)(=O)C(C)(C)C)CCCCC1)C1(C)CCCCC1)C2(C)C)C(=O)C(=O)NC1CC1. The number of urea groups is 1. The molecule has 5 amide bonds. The van der Waals surface area contributed by atoms with Crippen LogP contribution < -0.4 is 21.3 Å². The van der Waals surface area contributed by atoms with Crippen LogP contribution in [-0.4, -0.2) is 88.6 Å². The lowest BCUT2D eigenvalue weighted by Gasteiger charge is -2.46. The van der Waals surface area contributed by atoms with Crippen LogP contribution in [-0.2, 0) is 29.0 Å². The number of nitrogens with one attached hydrogen (secondary N) is 4. The van der Waals surface area contributed by atoms with E-state index in [4.69, 9.17) is 0 Å². The number of sulfone groups is 1. The average Bonchev–Trinajstić information content (AvgIpc) is 4.05. The normalized spacial score (nSPS) is 32.3. The fourth-order valence-corrected chi connectivity index (χ4v) is 12.4. The number of Topliss-reactive ketones (excluding diaryl/α,β-unsaturated/α-hetero) is 1. The van der Waals surface area contributed by atoms with Crippen LogP contribution in [0.15, 0.2) is 0 Å². The molecule has 13 heteroatoms. The van der Waals surface area contributed by atoms with Gasteiger partial charge < -0.3 is 26.2 Å². The highest BCUT2D eigenvalue weighted by Gasteiger charge is 2.71. The van der Waals surface area contributed by atoms with E-state index in [1.807, 2.05) is 13.8 Å². The van der Waals surface area contributed by atoms with Gasteiger partial charge in [-0.25, -0.2) is 13.2 Å². The minimum absolute atomic E-state index is 0.0101. The first kappa shape index (κ1) is 40.0. The number of hydrogen-bond acceptors (Lipinski definition) is 7. The summed E-state index contributed by atoms with van der Waals surface area (Å²) in [6, 6.07) is -2.35. The number of ketones is 1. The van der Waals surface area contributed by atoms with Crippen LogP contribution in [0.4, 0.5) is 4.79 Å². The summed E-state index contributed by atoms with van der Waals surface area (Å²) in [6.07, 6.45) is 10.6. The molecule has 5 saturated carbocycles. The molecule has 0 aromatic carbocycles. The summed E-state index contributed by atoms with van der Waals surface area (Å²) in [5.41, 5.74) is -3.03.